The van der Waals surface area contributed by atoms with Crippen molar-refractivity contribution >= 4 is 37.5 Å². The van der Waals surface area contributed by atoms with E-state index in [1.54, 1.807) is 11.5 Å². The SMILES string of the molecule is O=S(=O)(NCCCCN1CCN(c2nsc3ccccc23)CC1)c1cccc(O)c1. The molecule has 1 saturated heterocycles. The number of sulfonamides is 1. The fourth-order valence-electron chi connectivity index (χ4n) is 3.68. The average Bonchev–Trinajstić information content (AvgIpc) is 3.18. The van der Waals surface area contributed by atoms with Gasteiger partial charge in [0.25, 0.3) is 0 Å². The standard InChI is InChI=1S/C21H26N4O3S2/c26-17-6-5-7-18(16-17)30(27,28)22-10-3-4-11-24-12-14-25(15-13-24)21-19-8-1-2-9-20(19)29-23-21/h1-2,5-9,16,22,26H,3-4,10-15H2. The van der Waals surface area contributed by atoms with Crippen LogP contribution in [-0.2, 0) is 10.0 Å². The number of anilines is 1. The minimum atomic E-state index is -3.57. The lowest BCUT2D eigenvalue weighted by atomic mass is 10.2. The van der Waals surface area contributed by atoms with E-state index in [9.17, 15) is 13.5 Å². The van der Waals surface area contributed by atoms with Crippen molar-refractivity contribution in [3.05, 3.63) is 48.5 Å². The second-order valence-electron chi connectivity index (χ2n) is 7.43. The van der Waals surface area contributed by atoms with Crippen molar-refractivity contribution in [3.63, 3.8) is 0 Å². The van der Waals surface area contributed by atoms with Crippen LogP contribution < -0.4 is 9.62 Å². The maximum absolute atomic E-state index is 12.2. The molecule has 7 nitrogen and oxygen atoms in total. The summed E-state index contributed by atoms with van der Waals surface area (Å²) in [6, 6.07) is 14.1. The molecule has 2 heterocycles. The van der Waals surface area contributed by atoms with Gasteiger partial charge in [-0.25, -0.2) is 13.1 Å². The summed E-state index contributed by atoms with van der Waals surface area (Å²) < 4.78 is 33.0. The van der Waals surface area contributed by atoms with Crippen LogP contribution in [0.4, 0.5) is 5.82 Å². The van der Waals surface area contributed by atoms with Crippen molar-refractivity contribution in [2.45, 2.75) is 17.7 Å². The van der Waals surface area contributed by atoms with Crippen LogP contribution in [0.2, 0.25) is 0 Å². The normalized spacial score (nSPS) is 15.7. The number of phenols is 1. The molecule has 0 radical (unpaired) electrons. The van der Waals surface area contributed by atoms with Gasteiger partial charge in [-0.1, -0.05) is 18.2 Å². The highest BCUT2D eigenvalue weighted by molar-refractivity contribution is 7.89. The lowest BCUT2D eigenvalue weighted by Gasteiger charge is -2.35. The van der Waals surface area contributed by atoms with E-state index in [1.165, 1.54) is 34.4 Å². The van der Waals surface area contributed by atoms with Gasteiger partial charge in [0.15, 0.2) is 0 Å². The molecule has 0 atom stereocenters. The number of benzene rings is 2. The predicted octanol–water partition coefficient (Wildman–Crippen LogP) is 2.88. The summed E-state index contributed by atoms with van der Waals surface area (Å²) in [7, 11) is -3.57. The molecular weight excluding hydrogens is 420 g/mol. The molecule has 3 aromatic rings. The number of fused-ring (bicyclic) bond motifs is 1. The van der Waals surface area contributed by atoms with Crippen LogP contribution in [0, 0.1) is 0 Å². The van der Waals surface area contributed by atoms with E-state index in [0.717, 1.165) is 51.4 Å². The first-order chi connectivity index (χ1) is 14.5. The predicted molar refractivity (Wildman–Crippen MR) is 121 cm³/mol. The number of aromatic nitrogens is 1. The molecule has 2 aromatic carbocycles. The number of rotatable bonds is 8. The Morgan fingerprint density at radius 1 is 1.03 bits per heavy atom. The summed E-state index contributed by atoms with van der Waals surface area (Å²) in [5.41, 5.74) is 0. The fourth-order valence-corrected chi connectivity index (χ4v) is 5.59. The van der Waals surface area contributed by atoms with E-state index in [2.05, 4.69) is 37.1 Å². The molecular formula is C21H26N4O3S2. The largest absolute Gasteiger partial charge is 0.508 e. The minimum Gasteiger partial charge on any atom is -0.508 e. The lowest BCUT2D eigenvalue weighted by Crippen LogP contribution is -2.46. The average molecular weight is 447 g/mol. The van der Waals surface area contributed by atoms with Gasteiger partial charge < -0.3 is 10.0 Å². The topological polar surface area (TPSA) is 85.8 Å². The number of piperazine rings is 1. The Hall–Kier alpha value is -2.20. The van der Waals surface area contributed by atoms with Gasteiger partial charge in [0.05, 0.1) is 9.60 Å². The highest BCUT2D eigenvalue weighted by Crippen LogP contribution is 2.29. The molecule has 0 unspecified atom stereocenters. The molecule has 160 valence electrons. The molecule has 30 heavy (non-hydrogen) atoms. The third-order valence-electron chi connectivity index (χ3n) is 5.35. The molecule has 0 aliphatic carbocycles. The molecule has 1 aliphatic rings. The van der Waals surface area contributed by atoms with E-state index in [4.69, 9.17) is 0 Å². The number of nitrogens with zero attached hydrogens (tertiary/aromatic N) is 3. The van der Waals surface area contributed by atoms with E-state index in [1.807, 2.05) is 6.07 Å². The van der Waals surface area contributed by atoms with Crippen LogP contribution >= 0.6 is 11.5 Å². The van der Waals surface area contributed by atoms with Crippen molar-refractivity contribution in [2.75, 3.05) is 44.2 Å². The summed E-state index contributed by atoms with van der Waals surface area (Å²) in [5.74, 6) is 1.04. The van der Waals surface area contributed by atoms with Gasteiger partial charge in [0.1, 0.15) is 11.6 Å². The molecule has 4 rings (SSSR count). The van der Waals surface area contributed by atoms with Crippen molar-refractivity contribution in [1.29, 1.82) is 0 Å². The van der Waals surface area contributed by atoms with Crippen LogP contribution in [0.25, 0.3) is 10.1 Å². The molecule has 0 spiro atoms. The molecule has 2 N–H and O–H groups in total. The number of phenolic OH excluding ortho intramolecular Hbond substituents is 1. The van der Waals surface area contributed by atoms with Gasteiger partial charge in [0, 0.05) is 38.1 Å². The van der Waals surface area contributed by atoms with E-state index in [-0.39, 0.29) is 10.6 Å². The summed E-state index contributed by atoms with van der Waals surface area (Å²) in [5, 5.41) is 10.7. The monoisotopic (exact) mass is 446 g/mol. The highest BCUT2D eigenvalue weighted by Gasteiger charge is 2.20. The molecule has 0 saturated carbocycles. The second kappa shape index (κ2) is 9.30. The number of aromatic hydroxyl groups is 1. The van der Waals surface area contributed by atoms with E-state index in [0.29, 0.717) is 6.54 Å². The maximum Gasteiger partial charge on any atom is 0.240 e. The zero-order valence-corrected chi connectivity index (χ0v) is 18.3. The summed E-state index contributed by atoms with van der Waals surface area (Å²) >= 11 is 1.55. The highest BCUT2D eigenvalue weighted by atomic mass is 32.2. The van der Waals surface area contributed by atoms with Gasteiger partial charge in [-0.2, -0.15) is 4.37 Å². The number of nitrogens with one attached hydrogen (secondary N) is 1. The number of hydrogen-bond acceptors (Lipinski definition) is 7. The fraction of sp³-hybridized carbons (Fsp3) is 0.381. The first-order valence-electron chi connectivity index (χ1n) is 10.1. The molecule has 0 bridgehead atoms. The summed E-state index contributed by atoms with van der Waals surface area (Å²) in [6.07, 6.45) is 1.71. The Labute approximate surface area is 181 Å². The summed E-state index contributed by atoms with van der Waals surface area (Å²) in [4.78, 5) is 4.88. The molecule has 1 aliphatic heterocycles. The number of unbranched alkanes of at least 4 members (excludes halogenated alkanes) is 1. The Morgan fingerprint density at radius 2 is 1.83 bits per heavy atom. The molecule has 0 amide bonds. The number of hydrogen-bond donors (Lipinski definition) is 2. The maximum atomic E-state index is 12.2. The van der Waals surface area contributed by atoms with Crippen molar-refractivity contribution in [1.82, 2.24) is 14.0 Å². The van der Waals surface area contributed by atoms with Crippen molar-refractivity contribution in [2.24, 2.45) is 0 Å². The Bertz CT molecular complexity index is 1090. The molecule has 1 fully saturated rings. The third kappa shape index (κ3) is 4.92. The van der Waals surface area contributed by atoms with Crippen LogP contribution in [0.3, 0.4) is 0 Å². The second-order valence-corrected chi connectivity index (χ2v) is 10.0. The Kier molecular flexibility index (Phi) is 6.52. The van der Waals surface area contributed by atoms with E-state index < -0.39 is 10.0 Å². The van der Waals surface area contributed by atoms with Crippen LogP contribution in [0.15, 0.2) is 53.4 Å². The van der Waals surface area contributed by atoms with E-state index >= 15 is 0 Å². The Morgan fingerprint density at radius 3 is 2.63 bits per heavy atom. The third-order valence-corrected chi connectivity index (χ3v) is 7.63. The quantitative estimate of drug-likeness (QED) is 0.518. The zero-order valence-electron chi connectivity index (χ0n) is 16.7. The summed E-state index contributed by atoms with van der Waals surface area (Å²) in [6.45, 7) is 5.24. The van der Waals surface area contributed by atoms with Gasteiger partial charge >= 0.3 is 0 Å². The first-order valence-corrected chi connectivity index (χ1v) is 12.4. The first kappa shape index (κ1) is 21.0. The van der Waals surface area contributed by atoms with Gasteiger partial charge in [-0.15, -0.1) is 0 Å². The van der Waals surface area contributed by atoms with Gasteiger partial charge in [0.2, 0.25) is 10.0 Å². The zero-order chi connectivity index (χ0) is 21.0. The smallest absolute Gasteiger partial charge is 0.240 e. The lowest BCUT2D eigenvalue weighted by molar-refractivity contribution is 0.253. The van der Waals surface area contributed by atoms with Crippen LogP contribution in [0.1, 0.15) is 12.8 Å². The minimum absolute atomic E-state index is 0.0531. The van der Waals surface area contributed by atoms with Crippen molar-refractivity contribution in [3.8, 4) is 5.75 Å². The van der Waals surface area contributed by atoms with Crippen LogP contribution in [0.5, 0.6) is 5.75 Å². The van der Waals surface area contributed by atoms with Gasteiger partial charge in [-0.05, 0) is 61.3 Å². The van der Waals surface area contributed by atoms with Crippen molar-refractivity contribution < 1.29 is 13.5 Å². The molecule has 1 aromatic heterocycles. The van der Waals surface area contributed by atoms with Crippen LogP contribution in [-0.4, -0.2) is 62.1 Å². The van der Waals surface area contributed by atoms with Gasteiger partial charge in [-0.3, -0.25) is 4.90 Å². The Balaban J connectivity index is 1.18. The molecule has 9 heteroatoms.